The lowest BCUT2D eigenvalue weighted by Gasteiger charge is -2.44. The molecule has 0 aliphatic carbocycles. The van der Waals surface area contributed by atoms with Gasteiger partial charge in [0.1, 0.15) is 11.4 Å². The first-order chi connectivity index (χ1) is 12.2. The Bertz CT molecular complexity index is 747. The number of rotatable bonds is 3. The summed E-state index contributed by atoms with van der Waals surface area (Å²) in [5.74, 6) is 1.07. The molecule has 0 amide bonds. The fourth-order valence-corrected chi connectivity index (χ4v) is 4.18. The van der Waals surface area contributed by atoms with Gasteiger partial charge in [0.05, 0.1) is 6.61 Å². The molecule has 2 heterocycles. The van der Waals surface area contributed by atoms with Gasteiger partial charge in [-0.25, -0.2) is 0 Å². The highest BCUT2D eigenvalue weighted by Crippen LogP contribution is 2.40. The third-order valence-electron chi connectivity index (χ3n) is 5.89. The first-order valence-electron chi connectivity index (χ1n) is 9.46. The van der Waals surface area contributed by atoms with E-state index >= 15 is 0 Å². The van der Waals surface area contributed by atoms with Crippen molar-refractivity contribution in [2.75, 3.05) is 19.6 Å². The summed E-state index contributed by atoms with van der Waals surface area (Å²) in [4.78, 5) is 2.52. The lowest BCUT2D eigenvalue weighted by molar-refractivity contribution is -0.0132. The Morgan fingerprint density at radius 3 is 2.60 bits per heavy atom. The first-order valence-corrected chi connectivity index (χ1v) is 9.46. The Morgan fingerprint density at radius 2 is 1.84 bits per heavy atom. The maximum atomic E-state index is 9.35. The summed E-state index contributed by atoms with van der Waals surface area (Å²) in [7, 11) is 0. The van der Waals surface area contributed by atoms with Gasteiger partial charge in [-0.1, -0.05) is 31.2 Å². The summed E-state index contributed by atoms with van der Waals surface area (Å²) in [5, 5.41) is 9.35. The number of benzene rings is 2. The number of hydrogen-bond acceptors (Lipinski definition) is 3. The molecule has 2 aliphatic rings. The van der Waals surface area contributed by atoms with Crippen LogP contribution in [0, 0.1) is 0 Å². The van der Waals surface area contributed by atoms with E-state index in [9.17, 15) is 5.11 Å². The van der Waals surface area contributed by atoms with Crippen molar-refractivity contribution < 1.29 is 9.84 Å². The summed E-state index contributed by atoms with van der Waals surface area (Å²) >= 11 is 0. The van der Waals surface area contributed by atoms with Crippen LogP contribution in [0.25, 0.3) is 11.1 Å². The van der Waals surface area contributed by atoms with Crippen molar-refractivity contribution in [3.8, 4) is 16.9 Å². The molecular formula is C22H27NO2. The van der Waals surface area contributed by atoms with Crippen molar-refractivity contribution in [1.29, 1.82) is 0 Å². The van der Waals surface area contributed by atoms with Crippen molar-refractivity contribution in [2.45, 2.75) is 44.8 Å². The second-order valence-electron chi connectivity index (χ2n) is 7.40. The predicted octanol–water partition coefficient (Wildman–Crippen LogP) is 4.03. The summed E-state index contributed by atoms with van der Waals surface area (Å²) in [6, 6.07) is 14.7. The zero-order valence-corrected chi connectivity index (χ0v) is 15.0. The molecule has 132 valence electrons. The number of nitrogens with zero attached hydrogens (tertiary/aromatic N) is 1. The van der Waals surface area contributed by atoms with Gasteiger partial charge in [0, 0.05) is 13.1 Å². The number of piperidine rings is 1. The Labute approximate surface area is 150 Å². The van der Waals surface area contributed by atoms with E-state index in [0.29, 0.717) is 0 Å². The van der Waals surface area contributed by atoms with Crippen molar-refractivity contribution in [1.82, 2.24) is 4.90 Å². The number of aryl methyl sites for hydroxylation is 1. The summed E-state index contributed by atoms with van der Waals surface area (Å²) < 4.78 is 6.52. The molecule has 2 aromatic carbocycles. The van der Waals surface area contributed by atoms with Gasteiger partial charge < -0.3 is 14.7 Å². The molecule has 1 saturated heterocycles. The van der Waals surface area contributed by atoms with Gasteiger partial charge in [0.2, 0.25) is 0 Å². The number of fused-ring (bicyclic) bond motifs is 1. The van der Waals surface area contributed by atoms with Crippen LogP contribution >= 0.6 is 0 Å². The van der Waals surface area contributed by atoms with Crippen LogP contribution in [0.4, 0.5) is 0 Å². The van der Waals surface area contributed by atoms with E-state index in [1.807, 2.05) is 12.1 Å². The number of aliphatic hydroxyl groups excluding tert-OH is 1. The molecular weight excluding hydrogens is 310 g/mol. The maximum absolute atomic E-state index is 9.35. The van der Waals surface area contributed by atoms with Crippen LogP contribution in [0.2, 0.25) is 0 Å². The molecule has 0 atom stereocenters. The van der Waals surface area contributed by atoms with E-state index in [1.165, 1.54) is 11.1 Å². The minimum absolute atomic E-state index is 0.0526. The molecule has 4 rings (SSSR count). The third kappa shape index (κ3) is 3.31. The van der Waals surface area contributed by atoms with Crippen molar-refractivity contribution in [3.05, 3.63) is 53.6 Å². The average molecular weight is 337 g/mol. The second kappa shape index (κ2) is 6.81. The van der Waals surface area contributed by atoms with Crippen LogP contribution < -0.4 is 4.74 Å². The van der Waals surface area contributed by atoms with Gasteiger partial charge in [0.15, 0.2) is 0 Å². The van der Waals surface area contributed by atoms with E-state index < -0.39 is 0 Å². The SMILES string of the molecule is CCN1CCC2(CCc3cc(-c4cccc(CO)c4)ccc3O2)CC1. The summed E-state index contributed by atoms with van der Waals surface area (Å²) in [6.07, 6.45) is 4.49. The highest BCUT2D eigenvalue weighted by molar-refractivity contribution is 5.66. The highest BCUT2D eigenvalue weighted by Gasteiger charge is 2.39. The Morgan fingerprint density at radius 1 is 1.04 bits per heavy atom. The van der Waals surface area contributed by atoms with Gasteiger partial charge >= 0.3 is 0 Å². The predicted molar refractivity (Wildman–Crippen MR) is 101 cm³/mol. The molecule has 1 spiro atoms. The summed E-state index contributed by atoms with van der Waals surface area (Å²) in [6.45, 7) is 5.76. The molecule has 0 radical (unpaired) electrons. The molecule has 2 aliphatic heterocycles. The van der Waals surface area contributed by atoms with Crippen molar-refractivity contribution in [2.24, 2.45) is 0 Å². The normalized spacial score (nSPS) is 19.4. The second-order valence-corrected chi connectivity index (χ2v) is 7.40. The van der Waals surface area contributed by atoms with E-state index in [0.717, 1.165) is 62.2 Å². The smallest absolute Gasteiger partial charge is 0.123 e. The lowest BCUT2D eigenvalue weighted by Crippen LogP contribution is -2.49. The molecule has 1 fully saturated rings. The Balaban J connectivity index is 1.55. The first kappa shape index (κ1) is 16.6. The van der Waals surface area contributed by atoms with Crippen LogP contribution in [0.15, 0.2) is 42.5 Å². The number of hydrogen-bond donors (Lipinski definition) is 1. The largest absolute Gasteiger partial charge is 0.487 e. The minimum Gasteiger partial charge on any atom is -0.487 e. The molecule has 0 saturated carbocycles. The standard InChI is InChI=1S/C22H27NO2/c1-2-23-12-10-22(11-13-23)9-8-20-15-19(6-7-21(20)25-22)18-5-3-4-17(14-18)16-24/h3-7,14-15,24H,2,8-13,16H2,1H3. The Kier molecular flexibility index (Phi) is 4.53. The lowest BCUT2D eigenvalue weighted by atomic mass is 9.82. The molecule has 25 heavy (non-hydrogen) atoms. The van der Waals surface area contributed by atoms with Crippen molar-refractivity contribution >= 4 is 0 Å². The number of ether oxygens (including phenoxy) is 1. The molecule has 3 nitrogen and oxygen atoms in total. The van der Waals surface area contributed by atoms with Crippen molar-refractivity contribution in [3.63, 3.8) is 0 Å². The van der Waals surface area contributed by atoms with E-state index in [2.05, 4.69) is 42.2 Å². The van der Waals surface area contributed by atoms with E-state index in [-0.39, 0.29) is 12.2 Å². The molecule has 1 N–H and O–H groups in total. The molecule has 0 unspecified atom stereocenters. The fourth-order valence-electron chi connectivity index (χ4n) is 4.18. The average Bonchev–Trinajstić information content (AvgIpc) is 2.68. The van der Waals surface area contributed by atoms with Gasteiger partial charge in [-0.2, -0.15) is 0 Å². The van der Waals surface area contributed by atoms with E-state index in [4.69, 9.17) is 4.74 Å². The quantitative estimate of drug-likeness (QED) is 0.918. The maximum Gasteiger partial charge on any atom is 0.123 e. The van der Waals surface area contributed by atoms with Crippen LogP contribution in [0.1, 0.15) is 37.3 Å². The topological polar surface area (TPSA) is 32.7 Å². The number of aliphatic hydroxyl groups is 1. The van der Waals surface area contributed by atoms with Crippen LogP contribution in [-0.4, -0.2) is 35.2 Å². The fraction of sp³-hybridized carbons (Fsp3) is 0.455. The number of likely N-dealkylation sites (tertiary alicyclic amines) is 1. The zero-order chi connectivity index (χ0) is 17.3. The van der Waals surface area contributed by atoms with E-state index in [1.54, 1.807) is 0 Å². The minimum atomic E-state index is 0.0526. The summed E-state index contributed by atoms with van der Waals surface area (Å²) in [5.41, 5.74) is 4.68. The zero-order valence-electron chi connectivity index (χ0n) is 15.0. The molecule has 2 aromatic rings. The van der Waals surface area contributed by atoms with Gasteiger partial charge in [-0.3, -0.25) is 0 Å². The van der Waals surface area contributed by atoms with Crippen LogP contribution in [-0.2, 0) is 13.0 Å². The van der Waals surface area contributed by atoms with Gasteiger partial charge in [-0.05, 0) is 72.7 Å². The van der Waals surface area contributed by atoms with Crippen LogP contribution in [0.3, 0.4) is 0 Å². The highest BCUT2D eigenvalue weighted by atomic mass is 16.5. The monoisotopic (exact) mass is 337 g/mol. The molecule has 3 heteroatoms. The molecule has 0 aromatic heterocycles. The Hall–Kier alpha value is -1.84. The van der Waals surface area contributed by atoms with Gasteiger partial charge in [0.25, 0.3) is 0 Å². The third-order valence-corrected chi connectivity index (χ3v) is 5.89. The van der Waals surface area contributed by atoms with Gasteiger partial charge in [-0.15, -0.1) is 0 Å². The molecule has 0 bridgehead atoms. The van der Waals surface area contributed by atoms with Crippen LogP contribution in [0.5, 0.6) is 5.75 Å².